The van der Waals surface area contributed by atoms with Crippen molar-refractivity contribution in [2.24, 2.45) is 23.7 Å². The normalized spacial score (nSPS) is 33.4. The lowest BCUT2D eigenvalue weighted by molar-refractivity contribution is -0.142. The fourth-order valence-electron chi connectivity index (χ4n) is 6.18. The Balaban J connectivity index is 1.83. The Morgan fingerprint density at radius 1 is 1.33 bits per heavy atom. The Kier molecular flexibility index (Phi) is 6.48. The topological polar surface area (TPSA) is 98.7 Å². The van der Waals surface area contributed by atoms with Crippen LogP contribution in [0, 0.1) is 30.6 Å². The largest absolute Gasteiger partial charge is 0.394 e. The summed E-state index contributed by atoms with van der Waals surface area (Å²) in [5, 5.41) is 16.4. The lowest BCUT2D eigenvalue weighted by atomic mass is 9.66. The van der Waals surface area contributed by atoms with Gasteiger partial charge in [0.1, 0.15) is 6.04 Å². The van der Waals surface area contributed by atoms with Crippen LogP contribution in [0.15, 0.2) is 18.2 Å². The summed E-state index contributed by atoms with van der Waals surface area (Å²) in [5.74, 6) is -1.80. The molecule has 3 N–H and O–H groups in total. The van der Waals surface area contributed by atoms with Crippen molar-refractivity contribution in [2.75, 3.05) is 19.0 Å². The van der Waals surface area contributed by atoms with E-state index in [2.05, 4.69) is 17.6 Å². The second-order valence-corrected chi connectivity index (χ2v) is 11.8. The molecular formula is C24H32ClN3O4S. The summed E-state index contributed by atoms with van der Waals surface area (Å²) in [5.41, 5.74) is 1.34. The average molecular weight is 494 g/mol. The first-order chi connectivity index (χ1) is 15.6. The second kappa shape index (κ2) is 8.78. The van der Waals surface area contributed by atoms with Crippen LogP contribution in [0.25, 0.3) is 0 Å². The van der Waals surface area contributed by atoms with Gasteiger partial charge in [0.25, 0.3) is 0 Å². The van der Waals surface area contributed by atoms with Crippen LogP contribution in [0.1, 0.15) is 32.8 Å². The predicted octanol–water partition coefficient (Wildman–Crippen LogP) is 2.69. The van der Waals surface area contributed by atoms with E-state index in [1.54, 1.807) is 29.8 Å². The molecule has 1 aromatic carbocycles. The van der Waals surface area contributed by atoms with Gasteiger partial charge in [0.15, 0.2) is 0 Å². The molecular weight excluding hydrogens is 462 g/mol. The van der Waals surface area contributed by atoms with E-state index in [1.165, 1.54) is 0 Å². The molecule has 7 nitrogen and oxygen atoms in total. The molecule has 9 heteroatoms. The summed E-state index contributed by atoms with van der Waals surface area (Å²) in [6.07, 6.45) is 0.765. The van der Waals surface area contributed by atoms with Gasteiger partial charge in [-0.1, -0.05) is 44.5 Å². The van der Waals surface area contributed by atoms with E-state index in [-0.39, 0.29) is 41.4 Å². The van der Waals surface area contributed by atoms with Crippen LogP contribution in [0.2, 0.25) is 5.02 Å². The van der Waals surface area contributed by atoms with Gasteiger partial charge in [0.2, 0.25) is 17.7 Å². The van der Waals surface area contributed by atoms with Gasteiger partial charge in [-0.05, 0) is 36.8 Å². The number of aryl methyl sites for hydroxylation is 1. The van der Waals surface area contributed by atoms with E-state index in [0.717, 1.165) is 12.0 Å². The zero-order valence-electron chi connectivity index (χ0n) is 19.6. The van der Waals surface area contributed by atoms with Crippen LogP contribution < -0.4 is 10.6 Å². The summed E-state index contributed by atoms with van der Waals surface area (Å²) in [4.78, 5) is 42.4. The number of para-hydroxylation sites is 1. The summed E-state index contributed by atoms with van der Waals surface area (Å²) in [7, 11) is 1.58. The number of halogens is 1. The predicted molar refractivity (Wildman–Crippen MR) is 130 cm³/mol. The van der Waals surface area contributed by atoms with Gasteiger partial charge < -0.3 is 20.6 Å². The minimum absolute atomic E-state index is 0.0139. The number of anilines is 1. The fourth-order valence-corrected chi connectivity index (χ4v) is 8.86. The zero-order chi connectivity index (χ0) is 24.2. The first-order valence-corrected chi connectivity index (χ1v) is 12.7. The van der Waals surface area contributed by atoms with Crippen LogP contribution in [0.5, 0.6) is 0 Å². The van der Waals surface area contributed by atoms with Crippen molar-refractivity contribution >= 4 is 46.8 Å². The quantitative estimate of drug-likeness (QED) is 0.566. The molecule has 1 spiro atoms. The van der Waals surface area contributed by atoms with E-state index in [0.29, 0.717) is 10.7 Å². The summed E-state index contributed by atoms with van der Waals surface area (Å²) in [6, 6.07) is 4.06. The van der Waals surface area contributed by atoms with Crippen molar-refractivity contribution in [3.63, 3.8) is 0 Å². The minimum Gasteiger partial charge on any atom is -0.394 e. The van der Waals surface area contributed by atoms with E-state index in [4.69, 9.17) is 11.6 Å². The minimum atomic E-state index is -0.815. The third-order valence-corrected chi connectivity index (χ3v) is 10.2. The number of carbonyl (C=O) groups is 3. The molecule has 3 heterocycles. The third-order valence-electron chi connectivity index (χ3n) is 7.76. The number of rotatable bonds is 6. The molecule has 0 saturated carbocycles. The number of hydrogen-bond donors (Lipinski definition) is 3. The SMILES string of the molecule is CNC(=O)[C@@H]1[C@@H]2CC(C)C3(S2)C(C(=O)Nc2c(C)cccc2Cl)N([C@@H](CO)C(C)C)C(=O)[C@H]13. The summed E-state index contributed by atoms with van der Waals surface area (Å²) in [6.45, 7) is 7.54. The number of likely N-dealkylation sites (tertiary alicyclic amines) is 1. The number of thioether (sulfide) groups is 1. The second-order valence-electron chi connectivity index (χ2n) is 9.83. The molecule has 3 aliphatic heterocycles. The Hall–Kier alpha value is -1.77. The fraction of sp³-hybridized carbons (Fsp3) is 0.625. The first kappa shape index (κ1) is 24.4. The van der Waals surface area contributed by atoms with Crippen molar-refractivity contribution in [1.82, 2.24) is 10.2 Å². The number of carbonyl (C=O) groups excluding carboxylic acids is 3. The number of aliphatic hydroxyl groups is 1. The highest BCUT2D eigenvalue weighted by atomic mass is 35.5. The molecule has 180 valence electrons. The van der Waals surface area contributed by atoms with Crippen molar-refractivity contribution < 1.29 is 19.5 Å². The Morgan fingerprint density at radius 2 is 2.03 bits per heavy atom. The van der Waals surface area contributed by atoms with Gasteiger partial charge in [-0.15, -0.1) is 11.8 Å². The number of nitrogens with zero attached hydrogens (tertiary/aromatic N) is 1. The molecule has 3 amide bonds. The Morgan fingerprint density at radius 3 is 2.61 bits per heavy atom. The van der Waals surface area contributed by atoms with Gasteiger partial charge in [0, 0.05) is 12.3 Å². The number of aliphatic hydroxyl groups excluding tert-OH is 1. The Labute approximate surface area is 204 Å². The van der Waals surface area contributed by atoms with E-state index in [1.807, 2.05) is 32.9 Å². The zero-order valence-corrected chi connectivity index (χ0v) is 21.2. The van der Waals surface area contributed by atoms with Crippen molar-refractivity contribution in [3.05, 3.63) is 28.8 Å². The molecule has 0 radical (unpaired) electrons. The van der Waals surface area contributed by atoms with E-state index in [9.17, 15) is 19.5 Å². The lowest BCUT2D eigenvalue weighted by Crippen LogP contribution is -2.58. The van der Waals surface area contributed by atoms with Gasteiger partial charge in [-0.2, -0.15) is 0 Å². The lowest BCUT2D eigenvalue weighted by Gasteiger charge is -2.41. The molecule has 3 saturated heterocycles. The first-order valence-electron chi connectivity index (χ1n) is 11.5. The van der Waals surface area contributed by atoms with Crippen LogP contribution >= 0.6 is 23.4 Å². The van der Waals surface area contributed by atoms with Gasteiger partial charge in [0.05, 0.1) is 39.9 Å². The van der Waals surface area contributed by atoms with E-state index < -0.39 is 28.7 Å². The third kappa shape index (κ3) is 3.48. The molecule has 3 aliphatic rings. The molecule has 7 atom stereocenters. The van der Waals surface area contributed by atoms with Crippen LogP contribution in [-0.2, 0) is 14.4 Å². The van der Waals surface area contributed by atoms with Gasteiger partial charge in [-0.25, -0.2) is 0 Å². The standard InChI is InChI=1S/C24H32ClN3O4S/c1-11(2)15(10-29)28-20(22(31)27-19-12(3)7-6-8-14(19)25)24-13(4)9-16(33-24)17(21(30)26-5)18(24)23(28)32/h6-8,11,13,15-18,20,29H,9-10H2,1-5H3,(H,26,30)(H,27,31)/t13?,15-,16-,17+,18-,20?,24?/m0/s1. The van der Waals surface area contributed by atoms with Crippen LogP contribution in [0.3, 0.4) is 0 Å². The van der Waals surface area contributed by atoms with Crippen LogP contribution in [0.4, 0.5) is 5.69 Å². The average Bonchev–Trinajstić information content (AvgIpc) is 3.35. The highest BCUT2D eigenvalue weighted by Crippen LogP contribution is 2.69. The summed E-state index contributed by atoms with van der Waals surface area (Å²) < 4.78 is -0.736. The highest BCUT2D eigenvalue weighted by Gasteiger charge is 2.76. The number of fused-ring (bicyclic) bond motifs is 1. The number of nitrogens with one attached hydrogen (secondary N) is 2. The number of hydrogen-bond acceptors (Lipinski definition) is 5. The maximum atomic E-state index is 14.0. The molecule has 4 rings (SSSR count). The molecule has 3 unspecified atom stereocenters. The molecule has 0 aliphatic carbocycles. The number of benzene rings is 1. The smallest absolute Gasteiger partial charge is 0.248 e. The van der Waals surface area contributed by atoms with Crippen LogP contribution in [-0.4, -0.2) is 63.5 Å². The maximum Gasteiger partial charge on any atom is 0.248 e. The molecule has 3 fully saturated rings. The van der Waals surface area contributed by atoms with Crippen molar-refractivity contribution in [2.45, 2.75) is 56.2 Å². The molecule has 0 aromatic heterocycles. The summed E-state index contributed by atoms with van der Waals surface area (Å²) >= 11 is 8.01. The van der Waals surface area contributed by atoms with Crippen molar-refractivity contribution in [1.29, 1.82) is 0 Å². The number of amides is 3. The van der Waals surface area contributed by atoms with Gasteiger partial charge in [-0.3, -0.25) is 14.4 Å². The maximum absolute atomic E-state index is 14.0. The monoisotopic (exact) mass is 493 g/mol. The van der Waals surface area contributed by atoms with Gasteiger partial charge >= 0.3 is 0 Å². The van der Waals surface area contributed by atoms with Crippen molar-refractivity contribution in [3.8, 4) is 0 Å². The molecule has 1 aromatic rings. The molecule has 2 bridgehead atoms. The molecule has 33 heavy (non-hydrogen) atoms. The highest BCUT2D eigenvalue weighted by molar-refractivity contribution is 8.02. The Bertz CT molecular complexity index is 968. The van der Waals surface area contributed by atoms with E-state index >= 15 is 0 Å².